The average molecular weight is 287 g/mol. The molecule has 5 nitrogen and oxygen atoms in total. The first-order valence-electron chi connectivity index (χ1n) is 7.80. The van der Waals surface area contributed by atoms with E-state index in [2.05, 4.69) is 15.6 Å². The zero-order chi connectivity index (χ0) is 14.7. The average Bonchev–Trinajstić information content (AvgIpc) is 3.32. The van der Waals surface area contributed by atoms with Crippen LogP contribution in [-0.2, 0) is 0 Å². The van der Waals surface area contributed by atoms with Crippen LogP contribution in [0, 0.1) is 0 Å². The molecular weight excluding hydrogens is 266 g/mol. The molecule has 2 aliphatic rings. The predicted octanol–water partition coefficient (Wildman–Crippen LogP) is 2.04. The van der Waals surface area contributed by atoms with E-state index >= 15 is 0 Å². The fraction of sp³-hybridized carbons (Fsp3) is 0.562. The van der Waals surface area contributed by atoms with Gasteiger partial charge in [0.15, 0.2) is 0 Å². The molecule has 2 amide bonds. The molecule has 0 spiro atoms. The van der Waals surface area contributed by atoms with E-state index in [4.69, 9.17) is 0 Å². The van der Waals surface area contributed by atoms with E-state index in [1.54, 1.807) is 12.1 Å². The van der Waals surface area contributed by atoms with Gasteiger partial charge >= 0.3 is 0 Å². The van der Waals surface area contributed by atoms with Gasteiger partial charge in [-0.1, -0.05) is 19.3 Å². The quantitative estimate of drug-likeness (QED) is 0.890. The zero-order valence-corrected chi connectivity index (χ0v) is 12.1. The van der Waals surface area contributed by atoms with E-state index in [1.165, 1.54) is 25.5 Å². The highest BCUT2D eigenvalue weighted by Crippen LogP contribution is 2.19. The van der Waals surface area contributed by atoms with Gasteiger partial charge in [0, 0.05) is 23.8 Å². The van der Waals surface area contributed by atoms with Crippen LogP contribution in [0.3, 0.4) is 0 Å². The van der Waals surface area contributed by atoms with Crippen molar-refractivity contribution in [2.75, 3.05) is 0 Å². The van der Waals surface area contributed by atoms with Gasteiger partial charge in [0.05, 0.1) is 0 Å². The van der Waals surface area contributed by atoms with Crippen molar-refractivity contribution in [3.63, 3.8) is 0 Å². The van der Waals surface area contributed by atoms with Crippen molar-refractivity contribution in [1.29, 1.82) is 0 Å². The monoisotopic (exact) mass is 287 g/mol. The first-order valence-corrected chi connectivity index (χ1v) is 7.80. The maximum Gasteiger partial charge on any atom is 0.270 e. The molecule has 0 aromatic carbocycles. The SMILES string of the molecule is O=C(NC1CCCCC1)c1ccnc(C(=O)NC2CC2)c1. The molecule has 0 bridgehead atoms. The molecule has 2 N–H and O–H groups in total. The van der Waals surface area contributed by atoms with E-state index in [0.29, 0.717) is 17.3 Å². The van der Waals surface area contributed by atoms with Gasteiger partial charge in [-0.2, -0.15) is 0 Å². The maximum atomic E-state index is 12.3. The van der Waals surface area contributed by atoms with Gasteiger partial charge < -0.3 is 10.6 Å². The lowest BCUT2D eigenvalue weighted by Gasteiger charge is -2.22. The molecular formula is C16H21N3O2. The van der Waals surface area contributed by atoms with Gasteiger partial charge in [-0.05, 0) is 37.8 Å². The lowest BCUT2D eigenvalue weighted by atomic mass is 9.95. The number of carbonyl (C=O) groups is 2. The van der Waals surface area contributed by atoms with Crippen LogP contribution in [0.5, 0.6) is 0 Å². The second kappa shape index (κ2) is 6.24. The molecule has 2 fully saturated rings. The molecule has 0 saturated heterocycles. The largest absolute Gasteiger partial charge is 0.349 e. The van der Waals surface area contributed by atoms with E-state index in [1.807, 2.05) is 0 Å². The van der Waals surface area contributed by atoms with Crippen LogP contribution in [0.15, 0.2) is 18.3 Å². The Morgan fingerprint density at radius 1 is 0.952 bits per heavy atom. The fourth-order valence-electron chi connectivity index (χ4n) is 2.70. The first-order chi connectivity index (χ1) is 10.2. The minimum absolute atomic E-state index is 0.107. The summed E-state index contributed by atoms with van der Waals surface area (Å²) in [6.45, 7) is 0. The number of hydrogen-bond donors (Lipinski definition) is 2. The van der Waals surface area contributed by atoms with Crippen molar-refractivity contribution in [3.05, 3.63) is 29.6 Å². The zero-order valence-electron chi connectivity index (χ0n) is 12.1. The summed E-state index contributed by atoms with van der Waals surface area (Å²) in [5.74, 6) is -0.297. The molecule has 3 rings (SSSR count). The van der Waals surface area contributed by atoms with Crippen molar-refractivity contribution >= 4 is 11.8 Å². The Kier molecular flexibility index (Phi) is 4.18. The lowest BCUT2D eigenvalue weighted by Crippen LogP contribution is -2.36. The van der Waals surface area contributed by atoms with Crippen molar-refractivity contribution in [1.82, 2.24) is 15.6 Å². The Morgan fingerprint density at radius 3 is 2.33 bits per heavy atom. The topological polar surface area (TPSA) is 71.1 Å². The van der Waals surface area contributed by atoms with Crippen LogP contribution in [0.2, 0.25) is 0 Å². The van der Waals surface area contributed by atoms with Crippen LogP contribution >= 0.6 is 0 Å². The third-order valence-corrected chi connectivity index (χ3v) is 4.11. The highest BCUT2D eigenvalue weighted by atomic mass is 16.2. The summed E-state index contributed by atoms with van der Waals surface area (Å²) in [6, 6.07) is 3.80. The van der Waals surface area contributed by atoms with Gasteiger partial charge in [-0.3, -0.25) is 14.6 Å². The molecule has 2 saturated carbocycles. The second-order valence-corrected chi connectivity index (χ2v) is 5.99. The standard InChI is InChI=1S/C16H21N3O2/c20-15(18-12-4-2-1-3-5-12)11-8-9-17-14(10-11)16(21)19-13-6-7-13/h8-10,12-13H,1-7H2,(H,18,20)(H,19,21). The highest BCUT2D eigenvalue weighted by Gasteiger charge is 2.24. The Balaban J connectivity index is 1.63. The summed E-state index contributed by atoms with van der Waals surface area (Å²) in [7, 11) is 0. The van der Waals surface area contributed by atoms with Gasteiger partial charge in [0.2, 0.25) is 0 Å². The van der Waals surface area contributed by atoms with Crippen molar-refractivity contribution in [2.24, 2.45) is 0 Å². The number of carbonyl (C=O) groups excluding carboxylic acids is 2. The number of hydrogen-bond acceptors (Lipinski definition) is 3. The molecule has 0 atom stereocenters. The molecule has 1 aromatic rings. The number of rotatable bonds is 4. The number of pyridine rings is 1. The van der Waals surface area contributed by atoms with E-state index in [9.17, 15) is 9.59 Å². The lowest BCUT2D eigenvalue weighted by molar-refractivity contribution is 0.0927. The first kappa shape index (κ1) is 14.0. The molecule has 0 unspecified atom stereocenters. The highest BCUT2D eigenvalue weighted by molar-refractivity contribution is 5.98. The summed E-state index contributed by atoms with van der Waals surface area (Å²) >= 11 is 0. The summed E-state index contributed by atoms with van der Waals surface area (Å²) in [4.78, 5) is 28.3. The summed E-state index contributed by atoms with van der Waals surface area (Å²) < 4.78 is 0. The van der Waals surface area contributed by atoms with Crippen molar-refractivity contribution < 1.29 is 9.59 Å². The van der Waals surface area contributed by atoms with Crippen LogP contribution in [0.4, 0.5) is 0 Å². The number of nitrogens with one attached hydrogen (secondary N) is 2. The molecule has 5 heteroatoms. The minimum atomic E-state index is -0.190. The normalized spacial score (nSPS) is 19.0. The van der Waals surface area contributed by atoms with Gasteiger partial charge in [-0.25, -0.2) is 0 Å². The fourth-order valence-corrected chi connectivity index (χ4v) is 2.70. The van der Waals surface area contributed by atoms with E-state index in [0.717, 1.165) is 25.7 Å². The Hall–Kier alpha value is -1.91. The van der Waals surface area contributed by atoms with E-state index in [-0.39, 0.29) is 17.9 Å². The third-order valence-electron chi connectivity index (χ3n) is 4.11. The summed E-state index contributed by atoms with van der Waals surface area (Å²) in [6.07, 6.45) is 9.30. The number of nitrogens with zero attached hydrogens (tertiary/aromatic N) is 1. The molecule has 21 heavy (non-hydrogen) atoms. The number of aromatic nitrogens is 1. The van der Waals surface area contributed by atoms with Crippen LogP contribution in [-0.4, -0.2) is 28.9 Å². The Bertz CT molecular complexity index is 534. The second-order valence-electron chi connectivity index (χ2n) is 5.99. The van der Waals surface area contributed by atoms with Gasteiger partial charge in [-0.15, -0.1) is 0 Å². The third kappa shape index (κ3) is 3.80. The van der Waals surface area contributed by atoms with Gasteiger partial charge in [0.1, 0.15) is 5.69 Å². The maximum absolute atomic E-state index is 12.3. The molecule has 1 heterocycles. The molecule has 2 aliphatic carbocycles. The summed E-state index contributed by atoms with van der Waals surface area (Å²) in [5.41, 5.74) is 0.828. The summed E-state index contributed by atoms with van der Waals surface area (Å²) in [5, 5.41) is 5.94. The van der Waals surface area contributed by atoms with Crippen molar-refractivity contribution in [3.8, 4) is 0 Å². The van der Waals surface area contributed by atoms with Crippen LogP contribution < -0.4 is 10.6 Å². The van der Waals surface area contributed by atoms with Gasteiger partial charge in [0.25, 0.3) is 11.8 Å². The van der Waals surface area contributed by atoms with Crippen LogP contribution in [0.25, 0.3) is 0 Å². The molecule has 0 radical (unpaired) electrons. The smallest absolute Gasteiger partial charge is 0.270 e. The van der Waals surface area contributed by atoms with Crippen LogP contribution in [0.1, 0.15) is 65.8 Å². The van der Waals surface area contributed by atoms with E-state index < -0.39 is 0 Å². The molecule has 1 aromatic heterocycles. The minimum Gasteiger partial charge on any atom is -0.349 e. The molecule has 0 aliphatic heterocycles. The Labute approximate surface area is 124 Å². The predicted molar refractivity (Wildman–Crippen MR) is 79.1 cm³/mol. The Morgan fingerprint density at radius 2 is 1.62 bits per heavy atom. The van der Waals surface area contributed by atoms with Crippen molar-refractivity contribution in [2.45, 2.75) is 57.0 Å². The number of amides is 2. The molecule has 112 valence electrons.